The van der Waals surface area contributed by atoms with E-state index in [-0.39, 0.29) is 18.4 Å². The zero-order chi connectivity index (χ0) is 25.4. The van der Waals surface area contributed by atoms with E-state index in [1.165, 1.54) is 24.8 Å². The topological polar surface area (TPSA) is 152 Å². The normalized spacial score (nSPS) is 19.8. The van der Waals surface area contributed by atoms with Crippen LogP contribution in [-0.2, 0) is 36.7 Å². The zero-order valence-corrected chi connectivity index (χ0v) is 20.4. The van der Waals surface area contributed by atoms with Gasteiger partial charge in [0.1, 0.15) is 18.6 Å². The first kappa shape index (κ1) is 26.3. The van der Waals surface area contributed by atoms with Crippen LogP contribution >= 0.6 is 0 Å². The molecular formula is C22H32N6O7. The minimum Gasteiger partial charge on any atom is -0.468 e. The molecule has 13 nitrogen and oxygen atoms in total. The molecule has 0 bridgehead atoms. The van der Waals surface area contributed by atoms with Crippen molar-refractivity contribution >= 4 is 17.8 Å². The molecule has 4 heterocycles. The smallest absolute Gasteiger partial charge is 0.325 e. The maximum absolute atomic E-state index is 12.3. The number of fused-ring (bicyclic) bond motifs is 2. The quantitative estimate of drug-likeness (QED) is 0.479. The largest absolute Gasteiger partial charge is 0.468 e. The van der Waals surface area contributed by atoms with E-state index in [9.17, 15) is 14.4 Å². The van der Waals surface area contributed by atoms with Gasteiger partial charge in [-0.25, -0.2) is 9.97 Å². The molecule has 0 fully saturated rings. The van der Waals surface area contributed by atoms with Crippen LogP contribution in [0.3, 0.4) is 0 Å². The molecule has 2 aromatic heterocycles. The summed E-state index contributed by atoms with van der Waals surface area (Å²) in [6.07, 6.45) is 4.01. The predicted octanol–water partition coefficient (Wildman–Crippen LogP) is -0.541. The van der Waals surface area contributed by atoms with Gasteiger partial charge in [-0.1, -0.05) is 0 Å². The first-order valence-electron chi connectivity index (χ1n) is 11.3. The van der Waals surface area contributed by atoms with Crippen LogP contribution in [-0.4, -0.2) is 98.7 Å². The summed E-state index contributed by atoms with van der Waals surface area (Å²) >= 11 is 0. The van der Waals surface area contributed by atoms with Crippen LogP contribution in [0.15, 0.2) is 21.6 Å². The third-order valence-corrected chi connectivity index (χ3v) is 5.91. The average molecular weight is 493 g/mol. The Morgan fingerprint density at radius 2 is 1.49 bits per heavy atom. The van der Waals surface area contributed by atoms with E-state index >= 15 is 0 Å². The van der Waals surface area contributed by atoms with E-state index in [0.29, 0.717) is 44.2 Å². The van der Waals surface area contributed by atoms with Crippen LogP contribution in [0.1, 0.15) is 35.0 Å². The van der Waals surface area contributed by atoms with Crippen molar-refractivity contribution in [3.8, 4) is 0 Å². The van der Waals surface area contributed by atoms with Crippen LogP contribution in [0, 0.1) is 0 Å². The van der Waals surface area contributed by atoms with Gasteiger partial charge in [0.2, 0.25) is 11.8 Å². The number of likely N-dealkylation sites (N-methyl/N-ethyl adjacent to an activating group) is 2. The second kappa shape index (κ2) is 12.4. The third-order valence-electron chi connectivity index (χ3n) is 5.91. The molecule has 0 spiro atoms. The van der Waals surface area contributed by atoms with Gasteiger partial charge in [0.05, 0.1) is 25.1 Å². The molecule has 4 rings (SSSR count). The molecule has 0 saturated heterocycles. The van der Waals surface area contributed by atoms with Crippen molar-refractivity contribution in [2.24, 2.45) is 0 Å². The summed E-state index contributed by atoms with van der Waals surface area (Å²) in [5.41, 5.74) is 1.60. The number of carbonyl (C=O) groups is 3. The Kier molecular flexibility index (Phi) is 9.34. The van der Waals surface area contributed by atoms with Gasteiger partial charge in [-0.3, -0.25) is 14.4 Å². The summed E-state index contributed by atoms with van der Waals surface area (Å²) in [5.74, 6) is 0.524. The number of aromatic nitrogens is 2. The molecule has 13 heteroatoms. The Morgan fingerprint density at radius 3 is 1.97 bits per heavy atom. The summed E-state index contributed by atoms with van der Waals surface area (Å²) in [7, 11) is 6.33. The number of methoxy groups -OCH3 is 2. The molecule has 0 radical (unpaired) electrons. The van der Waals surface area contributed by atoms with Crippen molar-refractivity contribution in [1.29, 1.82) is 0 Å². The number of nitrogens with one attached hydrogen (secondary N) is 2. The number of oxazole rings is 2. The Balaban J connectivity index is 0.000000196. The minimum atomic E-state index is -0.602. The Labute approximate surface area is 203 Å². The van der Waals surface area contributed by atoms with E-state index in [1.807, 2.05) is 0 Å². The summed E-state index contributed by atoms with van der Waals surface area (Å²) in [5, 5.41) is 5.86. The second-order valence-corrected chi connectivity index (χ2v) is 7.92. The highest BCUT2D eigenvalue weighted by molar-refractivity contribution is 5.87. The van der Waals surface area contributed by atoms with Crippen molar-refractivity contribution in [3.05, 3.63) is 35.7 Å². The molecule has 2 N–H and O–H groups in total. The molecule has 2 unspecified atom stereocenters. The van der Waals surface area contributed by atoms with Crippen LogP contribution in [0.2, 0.25) is 0 Å². The summed E-state index contributed by atoms with van der Waals surface area (Å²) in [6, 6.07) is -1.04. The van der Waals surface area contributed by atoms with E-state index in [2.05, 4.69) is 25.3 Å². The highest BCUT2D eigenvalue weighted by Crippen LogP contribution is 2.24. The lowest BCUT2D eigenvalue weighted by Gasteiger charge is -2.23. The SMILES string of the molecule is CNC1C(=O)N(CC(=O)OC)CCc2ncoc21.CNC1C(=O)N(CCOC)CCc2ncoc21. The molecule has 0 aliphatic carbocycles. The fraction of sp³-hybridized carbons (Fsp3) is 0.591. The van der Waals surface area contributed by atoms with Crippen molar-refractivity contribution in [1.82, 2.24) is 30.4 Å². The van der Waals surface area contributed by atoms with Crippen LogP contribution < -0.4 is 10.6 Å². The fourth-order valence-corrected chi connectivity index (χ4v) is 4.00. The van der Waals surface area contributed by atoms with E-state index in [0.717, 1.165) is 17.8 Å². The number of esters is 1. The molecular weight excluding hydrogens is 460 g/mol. The molecule has 0 aromatic carbocycles. The number of hydrogen-bond acceptors (Lipinski definition) is 11. The number of carbonyl (C=O) groups excluding carboxylic acids is 3. The molecule has 192 valence electrons. The zero-order valence-electron chi connectivity index (χ0n) is 20.4. The van der Waals surface area contributed by atoms with Gasteiger partial charge in [-0.2, -0.15) is 0 Å². The number of ether oxygens (including phenoxy) is 2. The predicted molar refractivity (Wildman–Crippen MR) is 121 cm³/mol. The lowest BCUT2D eigenvalue weighted by atomic mass is 10.1. The first-order valence-corrected chi connectivity index (χ1v) is 11.3. The maximum Gasteiger partial charge on any atom is 0.325 e. The maximum atomic E-state index is 12.3. The number of amides is 2. The van der Waals surface area contributed by atoms with Gasteiger partial charge in [-0.05, 0) is 14.1 Å². The summed E-state index contributed by atoms with van der Waals surface area (Å²) in [4.78, 5) is 47.2. The molecule has 2 aromatic rings. The third kappa shape index (κ3) is 6.05. The van der Waals surface area contributed by atoms with E-state index in [4.69, 9.17) is 13.6 Å². The summed E-state index contributed by atoms with van der Waals surface area (Å²) < 4.78 is 20.1. The lowest BCUT2D eigenvalue weighted by Crippen LogP contribution is -2.42. The standard InChI is InChI=1S/C11H15N3O4.C11H17N3O3/c1-12-9-10-7(13-6-18-10)3-4-14(11(9)16)5-8(15)17-2;1-12-9-10-8(13-7-17-10)3-4-14(11(9)15)5-6-16-2/h6,9,12H,3-5H2,1-2H3;7,9,12H,3-6H2,1-2H3. The summed E-state index contributed by atoms with van der Waals surface area (Å²) in [6.45, 7) is 2.15. The molecule has 0 saturated carbocycles. The van der Waals surface area contributed by atoms with Gasteiger partial charge in [0.15, 0.2) is 24.3 Å². The van der Waals surface area contributed by atoms with E-state index in [1.54, 1.807) is 26.1 Å². The van der Waals surface area contributed by atoms with Gasteiger partial charge >= 0.3 is 5.97 Å². The number of nitrogens with zero attached hydrogens (tertiary/aromatic N) is 4. The molecule has 2 atom stereocenters. The average Bonchev–Trinajstić information content (AvgIpc) is 3.47. The monoisotopic (exact) mass is 492 g/mol. The number of hydrogen-bond donors (Lipinski definition) is 2. The van der Waals surface area contributed by atoms with Crippen LogP contribution in [0.5, 0.6) is 0 Å². The van der Waals surface area contributed by atoms with Crippen molar-refractivity contribution in [2.45, 2.75) is 24.9 Å². The van der Waals surface area contributed by atoms with Crippen molar-refractivity contribution in [2.75, 3.05) is 61.1 Å². The van der Waals surface area contributed by atoms with Gasteiger partial charge in [0.25, 0.3) is 0 Å². The Hall–Kier alpha value is -3.29. The van der Waals surface area contributed by atoms with E-state index < -0.39 is 18.1 Å². The second-order valence-electron chi connectivity index (χ2n) is 7.92. The molecule has 2 aliphatic heterocycles. The van der Waals surface area contributed by atoms with Crippen molar-refractivity contribution in [3.63, 3.8) is 0 Å². The number of rotatable bonds is 7. The van der Waals surface area contributed by atoms with Crippen molar-refractivity contribution < 1.29 is 32.7 Å². The first-order chi connectivity index (χ1) is 16.9. The van der Waals surface area contributed by atoms with Gasteiger partial charge in [-0.15, -0.1) is 0 Å². The van der Waals surface area contributed by atoms with Gasteiger partial charge in [0, 0.05) is 39.6 Å². The Bertz CT molecular complexity index is 1010. The highest BCUT2D eigenvalue weighted by Gasteiger charge is 2.34. The fourth-order valence-electron chi connectivity index (χ4n) is 4.00. The van der Waals surface area contributed by atoms with Gasteiger partial charge < -0.3 is 38.7 Å². The van der Waals surface area contributed by atoms with Crippen LogP contribution in [0.25, 0.3) is 0 Å². The molecule has 35 heavy (non-hydrogen) atoms. The highest BCUT2D eigenvalue weighted by atomic mass is 16.5. The minimum absolute atomic E-state index is 0.0139. The lowest BCUT2D eigenvalue weighted by molar-refractivity contribution is -0.147. The molecule has 2 amide bonds. The molecule has 2 aliphatic rings. The van der Waals surface area contributed by atoms with Crippen LogP contribution in [0.4, 0.5) is 0 Å². The Morgan fingerprint density at radius 1 is 0.971 bits per heavy atom.